The summed E-state index contributed by atoms with van der Waals surface area (Å²) in [5.74, 6) is 0.324. The Morgan fingerprint density at radius 1 is 0.654 bits per heavy atom. The standard InChI is InChI=1S/C20H38N4O2/c25-19(17-11-5-3-9-13-21-17)23-15-7-1-2-8-16-24-20(26)18-12-6-4-10-14-22-18/h17-18,21-22H,1-16H2,(H,23,25)(H,24,26). The molecule has 0 aromatic heterocycles. The van der Waals surface area contributed by atoms with Gasteiger partial charge in [0.25, 0.3) is 0 Å². The number of unbranched alkanes of at least 4 members (excludes halogenated alkanes) is 3. The summed E-state index contributed by atoms with van der Waals surface area (Å²) in [6, 6.07) is 0.00983. The van der Waals surface area contributed by atoms with Crippen molar-refractivity contribution in [1.82, 2.24) is 21.3 Å². The minimum Gasteiger partial charge on any atom is -0.355 e. The third-order valence-electron chi connectivity index (χ3n) is 5.46. The first-order chi connectivity index (χ1) is 12.8. The van der Waals surface area contributed by atoms with Gasteiger partial charge in [0.2, 0.25) is 11.8 Å². The number of hydrogen-bond acceptors (Lipinski definition) is 4. The Kier molecular flexibility index (Phi) is 10.7. The molecule has 4 N–H and O–H groups in total. The van der Waals surface area contributed by atoms with Crippen LogP contribution in [0.4, 0.5) is 0 Å². The Hall–Kier alpha value is -1.14. The van der Waals surface area contributed by atoms with Gasteiger partial charge in [0.1, 0.15) is 0 Å². The van der Waals surface area contributed by atoms with E-state index < -0.39 is 0 Å². The van der Waals surface area contributed by atoms with E-state index in [1.54, 1.807) is 0 Å². The number of rotatable bonds is 9. The fourth-order valence-electron chi connectivity index (χ4n) is 3.78. The molecule has 0 aliphatic carbocycles. The SMILES string of the molecule is O=C(NCCCCCCNC(=O)C1CCCCCN1)C1CCCCCN1. The Bertz CT molecular complexity index is 363. The van der Waals surface area contributed by atoms with Crippen LogP contribution in [-0.4, -0.2) is 50.1 Å². The van der Waals surface area contributed by atoms with Crippen LogP contribution in [0, 0.1) is 0 Å². The van der Waals surface area contributed by atoms with E-state index in [2.05, 4.69) is 21.3 Å². The monoisotopic (exact) mass is 366 g/mol. The number of amides is 2. The highest BCUT2D eigenvalue weighted by Crippen LogP contribution is 2.09. The molecule has 2 aliphatic heterocycles. The van der Waals surface area contributed by atoms with Gasteiger partial charge in [-0.25, -0.2) is 0 Å². The Morgan fingerprint density at radius 2 is 1.12 bits per heavy atom. The molecule has 0 aromatic rings. The number of nitrogens with one attached hydrogen (secondary N) is 4. The molecule has 6 heteroatoms. The van der Waals surface area contributed by atoms with E-state index in [4.69, 9.17) is 0 Å². The third kappa shape index (κ3) is 8.49. The smallest absolute Gasteiger partial charge is 0.237 e. The van der Waals surface area contributed by atoms with Gasteiger partial charge in [-0.3, -0.25) is 9.59 Å². The maximum atomic E-state index is 12.1. The molecule has 2 rings (SSSR count). The van der Waals surface area contributed by atoms with E-state index >= 15 is 0 Å². The van der Waals surface area contributed by atoms with Crippen molar-refractivity contribution in [3.05, 3.63) is 0 Å². The van der Waals surface area contributed by atoms with Crippen LogP contribution in [-0.2, 0) is 9.59 Å². The van der Waals surface area contributed by atoms with Gasteiger partial charge in [0.05, 0.1) is 12.1 Å². The molecule has 2 unspecified atom stereocenters. The summed E-state index contributed by atoms with van der Waals surface area (Å²) in [6.45, 7) is 3.44. The second kappa shape index (κ2) is 13.1. The van der Waals surface area contributed by atoms with Crippen LogP contribution >= 0.6 is 0 Å². The average Bonchev–Trinajstić information content (AvgIpc) is 3.08. The molecule has 2 saturated heterocycles. The fraction of sp³-hybridized carbons (Fsp3) is 0.900. The van der Waals surface area contributed by atoms with Crippen molar-refractivity contribution in [3.8, 4) is 0 Å². The Balaban J connectivity index is 1.42. The zero-order chi connectivity index (χ0) is 18.5. The van der Waals surface area contributed by atoms with Crippen molar-refractivity contribution in [2.24, 2.45) is 0 Å². The van der Waals surface area contributed by atoms with Crippen LogP contribution in [0.25, 0.3) is 0 Å². The van der Waals surface area contributed by atoms with Crippen molar-refractivity contribution in [2.45, 2.75) is 89.1 Å². The molecule has 6 nitrogen and oxygen atoms in total. The summed E-state index contributed by atoms with van der Waals surface area (Å²) in [5.41, 5.74) is 0. The van der Waals surface area contributed by atoms with Crippen molar-refractivity contribution in [3.63, 3.8) is 0 Å². The summed E-state index contributed by atoms with van der Waals surface area (Å²) in [4.78, 5) is 24.2. The minimum atomic E-state index is 0.00492. The van der Waals surface area contributed by atoms with Gasteiger partial charge in [-0.05, 0) is 51.6 Å². The number of carbonyl (C=O) groups excluding carboxylic acids is 2. The first kappa shape index (κ1) is 21.2. The molecule has 0 aromatic carbocycles. The zero-order valence-electron chi connectivity index (χ0n) is 16.3. The Morgan fingerprint density at radius 3 is 1.58 bits per heavy atom. The van der Waals surface area contributed by atoms with Gasteiger partial charge in [-0.1, -0.05) is 38.5 Å². The van der Waals surface area contributed by atoms with E-state index in [9.17, 15) is 9.59 Å². The van der Waals surface area contributed by atoms with Gasteiger partial charge in [-0.2, -0.15) is 0 Å². The van der Waals surface area contributed by atoms with Crippen LogP contribution in [0.5, 0.6) is 0 Å². The minimum absolute atomic E-state index is 0.00492. The number of carbonyl (C=O) groups is 2. The molecule has 2 amide bonds. The molecule has 2 aliphatic rings. The van der Waals surface area contributed by atoms with Crippen molar-refractivity contribution < 1.29 is 9.59 Å². The largest absolute Gasteiger partial charge is 0.355 e. The maximum absolute atomic E-state index is 12.1. The van der Waals surface area contributed by atoms with E-state index in [0.29, 0.717) is 0 Å². The van der Waals surface area contributed by atoms with Crippen LogP contribution in [0.3, 0.4) is 0 Å². The molecule has 0 spiro atoms. The van der Waals surface area contributed by atoms with Crippen LogP contribution in [0.1, 0.15) is 77.0 Å². The lowest BCUT2D eigenvalue weighted by Crippen LogP contribution is -2.44. The molecule has 150 valence electrons. The van der Waals surface area contributed by atoms with Gasteiger partial charge < -0.3 is 21.3 Å². The van der Waals surface area contributed by atoms with Crippen molar-refractivity contribution in [2.75, 3.05) is 26.2 Å². The molecule has 0 radical (unpaired) electrons. The normalized spacial score (nSPS) is 24.3. The molecule has 26 heavy (non-hydrogen) atoms. The highest BCUT2D eigenvalue weighted by molar-refractivity contribution is 5.82. The van der Waals surface area contributed by atoms with E-state index in [1.165, 1.54) is 25.7 Å². The summed E-state index contributed by atoms with van der Waals surface area (Å²) in [6.07, 6.45) is 13.2. The summed E-state index contributed by atoms with van der Waals surface area (Å²) in [7, 11) is 0. The molecule has 0 saturated carbocycles. The Labute approximate surface area is 158 Å². The fourth-order valence-corrected chi connectivity index (χ4v) is 3.78. The third-order valence-corrected chi connectivity index (χ3v) is 5.46. The van der Waals surface area contributed by atoms with Crippen molar-refractivity contribution >= 4 is 11.8 Å². The molecule has 2 fully saturated rings. The molecular weight excluding hydrogens is 328 g/mol. The van der Waals surface area contributed by atoms with Gasteiger partial charge in [-0.15, -0.1) is 0 Å². The lowest BCUT2D eigenvalue weighted by Gasteiger charge is -2.16. The first-order valence-electron chi connectivity index (χ1n) is 10.8. The highest BCUT2D eigenvalue weighted by Gasteiger charge is 2.19. The zero-order valence-corrected chi connectivity index (χ0v) is 16.3. The van der Waals surface area contributed by atoms with Gasteiger partial charge in [0, 0.05) is 13.1 Å². The predicted molar refractivity (Wildman–Crippen MR) is 105 cm³/mol. The van der Waals surface area contributed by atoms with Crippen LogP contribution < -0.4 is 21.3 Å². The molecule has 2 heterocycles. The van der Waals surface area contributed by atoms with Crippen molar-refractivity contribution in [1.29, 1.82) is 0 Å². The second-order valence-corrected chi connectivity index (χ2v) is 7.71. The topological polar surface area (TPSA) is 82.3 Å². The molecular formula is C20H38N4O2. The lowest BCUT2D eigenvalue weighted by atomic mass is 10.1. The first-order valence-corrected chi connectivity index (χ1v) is 10.8. The maximum Gasteiger partial charge on any atom is 0.237 e. The highest BCUT2D eigenvalue weighted by atomic mass is 16.2. The summed E-state index contributed by atoms with van der Waals surface area (Å²) >= 11 is 0. The van der Waals surface area contributed by atoms with E-state index in [-0.39, 0.29) is 23.9 Å². The number of hydrogen-bond donors (Lipinski definition) is 4. The summed E-state index contributed by atoms with van der Waals surface area (Å²) < 4.78 is 0. The van der Waals surface area contributed by atoms with Crippen LogP contribution in [0.2, 0.25) is 0 Å². The quantitative estimate of drug-likeness (QED) is 0.469. The van der Waals surface area contributed by atoms with E-state index in [0.717, 1.165) is 77.5 Å². The van der Waals surface area contributed by atoms with E-state index in [1.807, 2.05) is 0 Å². The predicted octanol–water partition coefficient (Wildman–Crippen LogP) is 1.84. The second-order valence-electron chi connectivity index (χ2n) is 7.71. The average molecular weight is 367 g/mol. The molecule has 2 atom stereocenters. The van der Waals surface area contributed by atoms with Gasteiger partial charge in [0.15, 0.2) is 0 Å². The summed E-state index contributed by atoms with van der Waals surface area (Å²) in [5, 5.41) is 12.8. The van der Waals surface area contributed by atoms with Crippen LogP contribution in [0.15, 0.2) is 0 Å². The lowest BCUT2D eigenvalue weighted by molar-refractivity contribution is -0.124. The molecule has 0 bridgehead atoms. The van der Waals surface area contributed by atoms with Gasteiger partial charge >= 0.3 is 0 Å².